The average Bonchev–Trinajstić information content (AvgIpc) is 1.89. The van der Waals surface area contributed by atoms with Gasteiger partial charge in [-0.05, 0) is 6.42 Å². The van der Waals surface area contributed by atoms with E-state index in [2.05, 4.69) is 11.7 Å². The standard InChI is InChI=1S/C6H12O2.CH2O2.Na/c1-3-4-5-8-6(2)7;2-1-3;/h3-5H2,1-2H3;1H,(H,2,3);/q;;+1/p-1. The van der Waals surface area contributed by atoms with Crippen molar-refractivity contribution in [1.29, 1.82) is 0 Å². The van der Waals surface area contributed by atoms with Gasteiger partial charge in [-0.15, -0.1) is 0 Å². The summed E-state index contributed by atoms with van der Waals surface area (Å²) in [7, 11) is 0. The van der Waals surface area contributed by atoms with Crippen LogP contribution in [0.1, 0.15) is 26.7 Å². The zero-order valence-electron chi connectivity index (χ0n) is 7.83. The first-order valence-corrected chi connectivity index (χ1v) is 3.38. The molecule has 0 fully saturated rings. The van der Waals surface area contributed by atoms with Gasteiger partial charge in [-0.3, -0.25) is 4.79 Å². The van der Waals surface area contributed by atoms with Crippen molar-refractivity contribution in [2.45, 2.75) is 26.7 Å². The second-order valence-electron chi connectivity index (χ2n) is 1.79. The molecule has 0 N–H and O–H groups in total. The molecule has 4 nitrogen and oxygen atoms in total. The summed E-state index contributed by atoms with van der Waals surface area (Å²) in [5.74, 6) is -0.182. The molecule has 0 saturated carbocycles. The van der Waals surface area contributed by atoms with Gasteiger partial charge in [-0.25, -0.2) is 0 Å². The Labute approximate surface area is 94.6 Å². The quantitative estimate of drug-likeness (QED) is 0.200. The fourth-order valence-electron chi connectivity index (χ4n) is 0.360. The van der Waals surface area contributed by atoms with E-state index in [-0.39, 0.29) is 35.5 Å². The van der Waals surface area contributed by atoms with Crippen molar-refractivity contribution in [3.8, 4) is 0 Å². The van der Waals surface area contributed by atoms with E-state index < -0.39 is 6.47 Å². The number of esters is 1. The van der Waals surface area contributed by atoms with Gasteiger partial charge < -0.3 is 14.6 Å². The summed E-state index contributed by atoms with van der Waals surface area (Å²) in [4.78, 5) is 18.3. The molecule has 0 aliphatic carbocycles. The molecule has 0 aliphatic heterocycles. The molecule has 0 atom stereocenters. The van der Waals surface area contributed by atoms with E-state index in [1.165, 1.54) is 6.92 Å². The molecule has 0 spiro atoms. The van der Waals surface area contributed by atoms with Crippen molar-refractivity contribution in [1.82, 2.24) is 0 Å². The van der Waals surface area contributed by atoms with E-state index in [1.807, 2.05) is 0 Å². The third kappa shape index (κ3) is 32.6. The third-order valence-corrected chi connectivity index (χ3v) is 0.803. The maximum Gasteiger partial charge on any atom is 1.00 e. The number of unbranched alkanes of at least 4 members (excludes halogenated alkanes) is 1. The van der Waals surface area contributed by atoms with Crippen LogP contribution in [0.25, 0.3) is 0 Å². The molecule has 0 aromatic carbocycles. The Morgan fingerprint density at radius 1 is 1.58 bits per heavy atom. The molecule has 0 bridgehead atoms. The topological polar surface area (TPSA) is 66.4 Å². The number of hydrogen-bond acceptors (Lipinski definition) is 4. The summed E-state index contributed by atoms with van der Waals surface area (Å²) in [6, 6.07) is 0. The van der Waals surface area contributed by atoms with Gasteiger partial charge in [0.25, 0.3) is 0 Å². The molecule has 0 radical (unpaired) electrons. The summed E-state index contributed by atoms with van der Waals surface area (Å²) in [6.07, 6.45) is 2.05. The molecular formula is C7H13NaO4. The number of carboxylic acid groups (broad SMARTS) is 1. The maximum absolute atomic E-state index is 10.1. The zero-order valence-corrected chi connectivity index (χ0v) is 9.83. The van der Waals surface area contributed by atoms with Crippen molar-refractivity contribution in [2.24, 2.45) is 0 Å². The Morgan fingerprint density at radius 2 is 2.00 bits per heavy atom. The normalized spacial score (nSPS) is 6.83. The summed E-state index contributed by atoms with van der Waals surface area (Å²) in [6.45, 7) is 3.56. The summed E-state index contributed by atoms with van der Waals surface area (Å²) >= 11 is 0. The predicted octanol–water partition coefficient (Wildman–Crippen LogP) is -3.28. The smallest absolute Gasteiger partial charge is 0.554 e. The first-order valence-electron chi connectivity index (χ1n) is 3.38. The zero-order chi connectivity index (χ0) is 9.11. The van der Waals surface area contributed by atoms with Crippen LogP contribution in [0.2, 0.25) is 0 Å². The van der Waals surface area contributed by atoms with Crippen LogP contribution in [-0.2, 0) is 14.3 Å². The Hall–Kier alpha value is -0.0600. The van der Waals surface area contributed by atoms with Gasteiger partial charge in [0.15, 0.2) is 0 Å². The number of hydrogen-bond donors (Lipinski definition) is 0. The largest absolute Gasteiger partial charge is 1.00 e. The molecule has 0 aliphatic rings. The van der Waals surface area contributed by atoms with Gasteiger partial charge in [0, 0.05) is 13.4 Å². The third-order valence-electron chi connectivity index (χ3n) is 0.803. The number of ether oxygens (including phenoxy) is 1. The second kappa shape index (κ2) is 17.1. The molecular weight excluding hydrogens is 171 g/mol. The fraction of sp³-hybridized carbons (Fsp3) is 0.714. The summed E-state index contributed by atoms with van der Waals surface area (Å²) in [5.41, 5.74) is 0. The van der Waals surface area contributed by atoms with Gasteiger partial charge in [0.05, 0.1) is 6.61 Å². The fourth-order valence-corrected chi connectivity index (χ4v) is 0.360. The molecule has 0 aromatic heterocycles. The molecule has 0 heterocycles. The molecule has 0 unspecified atom stereocenters. The predicted molar refractivity (Wildman–Crippen MR) is 37.6 cm³/mol. The maximum atomic E-state index is 10.1. The molecule has 66 valence electrons. The van der Waals surface area contributed by atoms with Crippen molar-refractivity contribution in [3.63, 3.8) is 0 Å². The minimum Gasteiger partial charge on any atom is -0.554 e. The molecule has 0 amide bonds. The Bertz CT molecular complexity index is 106. The number of rotatable bonds is 3. The first-order chi connectivity index (χ1) is 5.18. The number of carbonyl (C=O) groups is 2. The van der Waals surface area contributed by atoms with Gasteiger partial charge in [0.1, 0.15) is 0 Å². The van der Waals surface area contributed by atoms with Crippen LogP contribution in [0.15, 0.2) is 0 Å². The van der Waals surface area contributed by atoms with Crippen molar-refractivity contribution < 1.29 is 49.0 Å². The van der Waals surface area contributed by atoms with E-state index in [0.717, 1.165) is 12.8 Å². The SMILES string of the molecule is CCCCOC(C)=O.O=C[O-].[Na+]. The summed E-state index contributed by atoms with van der Waals surface area (Å²) in [5, 5.41) is 8.25. The van der Waals surface area contributed by atoms with Crippen LogP contribution in [0, 0.1) is 0 Å². The second-order valence-corrected chi connectivity index (χ2v) is 1.79. The van der Waals surface area contributed by atoms with Crippen LogP contribution in [0.5, 0.6) is 0 Å². The minimum atomic E-state index is -0.500. The minimum absolute atomic E-state index is 0. The van der Waals surface area contributed by atoms with Crippen LogP contribution >= 0.6 is 0 Å². The van der Waals surface area contributed by atoms with Crippen molar-refractivity contribution >= 4 is 12.4 Å². The van der Waals surface area contributed by atoms with E-state index in [1.54, 1.807) is 0 Å². The van der Waals surface area contributed by atoms with Crippen molar-refractivity contribution in [2.75, 3.05) is 6.61 Å². The molecule has 12 heavy (non-hydrogen) atoms. The molecule has 0 saturated heterocycles. The van der Waals surface area contributed by atoms with E-state index in [9.17, 15) is 4.79 Å². The van der Waals surface area contributed by atoms with E-state index in [4.69, 9.17) is 9.90 Å². The Morgan fingerprint density at radius 3 is 2.25 bits per heavy atom. The van der Waals surface area contributed by atoms with Gasteiger partial charge in [0.2, 0.25) is 0 Å². The van der Waals surface area contributed by atoms with Crippen molar-refractivity contribution in [3.05, 3.63) is 0 Å². The van der Waals surface area contributed by atoms with Gasteiger partial charge in [-0.1, -0.05) is 13.3 Å². The van der Waals surface area contributed by atoms with E-state index in [0.29, 0.717) is 6.61 Å². The van der Waals surface area contributed by atoms with Gasteiger partial charge >= 0.3 is 35.5 Å². The molecule has 5 heteroatoms. The first kappa shape index (κ1) is 17.9. The van der Waals surface area contributed by atoms with Crippen LogP contribution < -0.4 is 34.7 Å². The van der Waals surface area contributed by atoms with Crippen LogP contribution in [0.4, 0.5) is 0 Å². The number of carbonyl (C=O) groups excluding carboxylic acids is 2. The van der Waals surface area contributed by atoms with Gasteiger partial charge in [-0.2, -0.15) is 0 Å². The van der Waals surface area contributed by atoms with E-state index >= 15 is 0 Å². The monoisotopic (exact) mass is 184 g/mol. The Balaban J connectivity index is -0.000000177. The molecule has 0 rings (SSSR count). The average molecular weight is 184 g/mol. The summed E-state index contributed by atoms with van der Waals surface area (Å²) < 4.78 is 4.64. The molecule has 0 aromatic rings. The van der Waals surface area contributed by atoms with Crippen LogP contribution in [0.3, 0.4) is 0 Å². The van der Waals surface area contributed by atoms with Crippen LogP contribution in [-0.4, -0.2) is 19.0 Å². The Kier molecular flexibility index (Phi) is 25.5.